The smallest absolute Gasteiger partial charge is 0.337 e. The van der Waals surface area contributed by atoms with Gasteiger partial charge in [0.05, 0.1) is 15.5 Å². The van der Waals surface area contributed by atoms with Crippen LogP contribution < -0.4 is 4.72 Å². The number of benzene rings is 2. The third kappa shape index (κ3) is 3.82. The van der Waals surface area contributed by atoms with Crippen LogP contribution in [0.25, 0.3) is 0 Å². The summed E-state index contributed by atoms with van der Waals surface area (Å²) in [4.78, 5) is 10.8. The minimum atomic E-state index is -3.91. The van der Waals surface area contributed by atoms with Crippen LogP contribution in [0, 0.1) is 5.82 Å². The third-order valence-electron chi connectivity index (χ3n) is 2.86. The molecule has 8 heteroatoms. The van der Waals surface area contributed by atoms with Gasteiger partial charge in [-0.05, 0) is 35.9 Å². The molecule has 0 spiro atoms. The summed E-state index contributed by atoms with van der Waals surface area (Å²) in [5.41, 5.74) is 0.267. The van der Waals surface area contributed by atoms with E-state index in [4.69, 9.17) is 16.7 Å². The lowest BCUT2D eigenvalue weighted by atomic mass is 10.2. The van der Waals surface area contributed by atoms with E-state index in [0.29, 0.717) is 5.56 Å². The van der Waals surface area contributed by atoms with Crippen molar-refractivity contribution >= 4 is 27.6 Å². The Morgan fingerprint density at radius 3 is 2.41 bits per heavy atom. The maximum Gasteiger partial charge on any atom is 0.337 e. The Hall–Kier alpha value is -1.96. The Bertz CT molecular complexity index is 806. The number of hydrogen-bond donors (Lipinski definition) is 2. The van der Waals surface area contributed by atoms with Crippen LogP contribution in [0.3, 0.4) is 0 Å². The van der Waals surface area contributed by atoms with E-state index in [1.165, 1.54) is 36.4 Å². The Morgan fingerprint density at radius 2 is 1.82 bits per heavy atom. The second kappa shape index (κ2) is 6.43. The average molecular weight is 344 g/mol. The van der Waals surface area contributed by atoms with E-state index >= 15 is 0 Å². The van der Waals surface area contributed by atoms with E-state index in [-0.39, 0.29) is 22.0 Å². The van der Waals surface area contributed by atoms with Crippen molar-refractivity contribution in [2.75, 3.05) is 0 Å². The van der Waals surface area contributed by atoms with Gasteiger partial charge < -0.3 is 5.11 Å². The van der Waals surface area contributed by atoms with Gasteiger partial charge in [-0.3, -0.25) is 0 Å². The first-order valence-electron chi connectivity index (χ1n) is 6.06. The molecule has 2 N–H and O–H groups in total. The van der Waals surface area contributed by atoms with Crippen LogP contribution in [-0.2, 0) is 16.6 Å². The van der Waals surface area contributed by atoms with E-state index in [0.717, 1.165) is 6.07 Å². The minimum absolute atomic E-state index is 0.0480. The van der Waals surface area contributed by atoms with Crippen LogP contribution in [0.15, 0.2) is 47.4 Å². The third-order valence-corrected chi connectivity index (χ3v) is 4.59. The number of carboxylic acid groups (broad SMARTS) is 1. The fourth-order valence-electron chi connectivity index (χ4n) is 1.70. The van der Waals surface area contributed by atoms with Crippen molar-refractivity contribution in [3.05, 3.63) is 64.4 Å². The van der Waals surface area contributed by atoms with Gasteiger partial charge in [0.2, 0.25) is 10.0 Å². The molecular formula is C14H11ClFNO4S. The van der Waals surface area contributed by atoms with E-state index in [1.807, 2.05) is 0 Å². The maximum absolute atomic E-state index is 12.8. The molecule has 0 saturated carbocycles. The fourth-order valence-corrected chi connectivity index (χ4v) is 2.94. The van der Waals surface area contributed by atoms with Crippen LogP contribution in [0.5, 0.6) is 0 Å². The molecule has 0 aliphatic rings. The predicted octanol–water partition coefficient (Wildman–Crippen LogP) is 2.66. The molecular weight excluding hydrogens is 333 g/mol. The molecule has 0 atom stereocenters. The zero-order chi connectivity index (χ0) is 16.3. The highest BCUT2D eigenvalue weighted by atomic mass is 35.5. The number of carboxylic acids is 1. The van der Waals surface area contributed by atoms with E-state index in [2.05, 4.69) is 4.72 Å². The topological polar surface area (TPSA) is 83.5 Å². The largest absolute Gasteiger partial charge is 0.478 e. The highest BCUT2D eigenvalue weighted by Crippen LogP contribution is 2.20. The molecule has 22 heavy (non-hydrogen) atoms. The summed E-state index contributed by atoms with van der Waals surface area (Å²) in [5.74, 6) is -1.74. The molecule has 2 aromatic rings. The summed E-state index contributed by atoms with van der Waals surface area (Å²) in [5, 5.41) is 8.90. The first kappa shape index (κ1) is 16.4. The quantitative estimate of drug-likeness (QED) is 0.874. The summed E-state index contributed by atoms with van der Waals surface area (Å²) < 4.78 is 39.4. The van der Waals surface area contributed by atoms with Gasteiger partial charge in [0.25, 0.3) is 0 Å². The number of aromatic carboxylic acids is 1. The van der Waals surface area contributed by atoms with Crippen LogP contribution in [0.4, 0.5) is 4.39 Å². The Balaban J connectivity index is 2.21. The Kier molecular flexibility index (Phi) is 4.80. The molecule has 0 heterocycles. The number of nitrogens with one attached hydrogen (secondary N) is 1. The monoisotopic (exact) mass is 343 g/mol. The molecule has 0 aliphatic heterocycles. The SMILES string of the molecule is O=C(O)c1cc(S(=O)(=O)NCc2ccc(F)cc2)ccc1Cl. The standard InChI is InChI=1S/C14H11ClFNO4S/c15-13-6-5-11(7-12(13)14(18)19)22(20,21)17-8-9-1-3-10(16)4-2-9/h1-7,17H,8H2,(H,18,19). The first-order chi connectivity index (χ1) is 10.3. The van der Waals surface area contributed by atoms with Crippen LogP contribution >= 0.6 is 11.6 Å². The van der Waals surface area contributed by atoms with Crippen LogP contribution in [0.1, 0.15) is 15.9 Å². The molecule has 0 fully saturated rings. The second-order valence-electron chi connectivity index (χ2n) is 4.40. The van der Waals surface area contributed by atoms with Gasteiger partial charge in [-0.1, -0.05) is 23.7 Å². The second-order valence-corrected chi connectivity index (χ2v) is 6.57. The molecule has 5 nitrogen and oxygen atoms in total. The zero-order valence-corrected chi connectivity index (χ0v) is 12.7. The fraction of sp³-hybridized carbons (Fsp3) is 0.0714. The highest BCUT2D eigenvalue weighted by molar-refractivity contribution is 7.89. The van der Waals surface area contributed by atoms with Crippen molar-refractivity contribution in [3.8, 4) is 0 Å². The Labute approximate surface area is 131 Å². The maximum atomic E-state index is 12.8. The number of rotatable bonds is 5. The van der Waals surface area contributed by atoms with Gasteiger partial charge >= 0.3 is 5.97 Å². The van der Waals surface area contributed by atoms with Gasteiger partial charge in [-0.2, -0.15) is 0 Å². The summed E-state index contributed by atoms with van der Waals surface area (Å²) in [6, 6.07) is 8.73. The van der Waals surface area contributed by atoms with Crippen molar-refractivity contribution < 1.29 is 22.7 Å². The minimum Gasteiger partial charge on any atom is -0.478 e. The lowest BCUT2D eigenvalue weighted by Gasteiger charge is -2.08. The van der Waals surface area contributed by atoms with Gasteiger partial charge in [0.1, 0.15) is 5.82 Å². The molecule has 0 radical (unpaired) electrons. The lowest BCUT2D eigenvalue weighted by molar-refractivity contribution is 0.0697. The molecule has 0 amide bonds. The van der Waals surface area contributed by atoms with Crippen molar-refractivity contribution in [3.63, 3.8) is 0 Å². The molecule has 0 unspecified atom stereocenters. The molecule has 0 aromatic heterocycles. The molecule has 0 saturated heterocycles. The average Bonchev–Trinajstić information content (AvgIpc) is 2.46. The van der Waals surface area contributed by atoms with Crippen LogP contribution in [0.2, 0.25) is 5.02 Å². The lowest BCUT2D eigenvalue weighted by Crippen LogP contribution is -2.23. The molecule has 0 aliphatic carbocycles. The molecule has 2 rings (SSSR count). The zero-order valence-electron chi connectivity index (χ0n) is 11.1. The highest BCUT2D eigenvalue weighted by Gasteiger charge is 2.18. The van der Waals surface area contributed by atoms with Gasteiger partial charge in [0, 0.05) is 6.54 Å². The van der Waals surface area contributed by atoms with Crippen LogP contribution in [-0.4, -0.2) is 19.5 Å². The van der Waals surface area contributed by atoms with Crippen molar-refractivity contribution in [1.29, 1.82) is 0 Å². The first-order valence-corrected chi connectivity index (χ1v) is 7.92. The summed E-state index contributed by atoms with van der Waals surface area (Å²) in [6.45, 7) is -0.0480. The molecule has 116 valence electrons. The number of sulfonamides is 1. The predicted molar refractivity (Wildman–Crippen MR) is 78.8 cm³/mol. The number of carbonyl (C=O) groups is 1. The van der Waals surface area contributed by atoms with Crippen molar-refractivity contribution in [2.45, 2.75) is 11.4 Å². The van der Waals surface area contributed by atoms with E-state index < -0.39 is 21.8 Å². The van der Waals surface area contributed by atoms with E-state index in [1.54, 1.807) is 0 Å². The van der Waals surface area contributed by atoms with Crippen molar-refractivity contribution in [1.82, 2.24) is 4.72 Å². The Morgan fingerprint density at radius 1 is 1.18 bits per heavy atom. The van der Waals surface area contributed by atoms with Gasteiger partial charge in [0.15, 0.2) is 0 Å². The summed E-state index contributed by atoms with van der Waals surface area (Å²) >= 11 is 5.70. The van der Waals surface area contributed by atoms with Gasteiger partial charge in [-0.15, -0.1) is 0 Å². The molecule has 0 bridgehead atoms. The van der Waals surface area contributed by atoms with Gasteiger partial charge in [-0.25, -0.2) is 22.3 Å². The summed E-state index contributed by atoms with van der Waals surface area (Å²) in [6.07, 6.45) is 0. The van der Waals surface area contributed by atoms with Crippen molar-refractivity contribution in [2.24, 2.45) is 0 Å². The number of halogens is 2. The molecule has 2 aromatic carbocycles. The summed E-state index contributed by atoms with van der Waals surface area (Å²) in [7, 11) is -3.91. The van der Waals surface area contributed by atoms with E-state index in [9.17, 15) is 17.6 Å². The normalized spacial score (nSPS) is 11.4. The number of hydrogen-bond acceptors (Lipinski definition) is 3.